The van der Waals surface area contributed by atoms with Gasteiger partial charge in [0.1, 0.15) is 0 Å². The Kier molecular flexibility index (Phi) is 8.37. The van der Waals surface area contributed by atoms with Crippen molar-refractivity contribution in [2.45, 2.75) is 89.8 Å². The molecule has 3 rings (SSSR count). The van der Waals surface area contributed by atoms with Crippen molar-refractivity contribution in [2.75, 3.05) is 6.61 Å². The molecule has 4 heteroatoms. The Morgan fingerprint density at radius 2 is 1.57 bits per heavy atom. The Bertz CT molecular complexity index is 605. The van der Waals surface area contributed by atoms with Crippen LogP contribution in [0.1, 0.15) is 70.8 Å². The van der Waals surface area contributed by atoms with Crippen LogP contribution in [0.15, 0.2) is 12.1 Å². The van der Waals surface area contributed by atoms with Gasteiger partial charge in [-0.15, -0.1) is 0 Å². The molecule has 28 heavy (non-hydrogen) atoms. The molecule has 0 unspecified atom stereocenters. The summed E-state index contributed by atoms with van der Waals surface area (Å²) >= 11 is 0. The summed E-state index contributed by atoms with van der Waals surface area (Å²) in [6, 6.07) is 7.97. The average molecular weight is 409 g/mol. The van der Waals surface area contributed by atoms with Crippen molar-refractivity contribution in [1.29, 1.82) is 0 Å². The van der Waals surface area contributed by atoms with Gasteiger partial charge < -0.3 is 4.74 Å². The fraction of sp³-hybridized carbons (Fsp3) is 0.750. The van der Waals surface area contributed by atoms with Crippen LogP contribution >= 0.6 is 0 Å². The van der Waals surface area contributed by atoms with E-state index in [1.807, 2.05) is 6.92 Å². The summed E-state index contributed by atoms with van der Waals surface area (Å²) in [4.78, 5) is 0. The van der Waals surface area contributed by atoms with Crippen molar-refractivity contribution in [3.05, 3.63) is 29.3 Å². The molecule has 0 spiro atoms. The first-order valence-electron chi connectivity index (χ1n) is 11.7. The second-order valence-electron chi connectivity index (χ2n) is 9.26. The lowest BCUT2D eigenvalue weighted by atomic mass is 9.74. The maximum atomic E-state index is 14.2. The molecule has 0 bridgehead atoms. The van der Waals surface area contributed by atoms with E-state index in [-0.39, 0.29) is 14.5 Å². The lowest BCUT2D eigenvalue weighted by Crippen LogP contribution is -2.29. The summed E-state index contributed by atoms with van der Waals surface area (Å²) in [6.07, 6.45) is 10.7. The van der Waals surface area contributed by atoms with Gasteiger partial charge >= 0.3 is 0 Å². The quantitative estimate of drug-likeness (QED) is 0.415. The van der Waals surface area contributed by atoms with Gasteiger partial charge in [0, 0.05) is 8.80 Å². The summed E-state index contributed by atoms with van der Waals surface area (Å²) < 4.78 is 34.0. The Hall–Kier alpha value is -0.903. The van der Waals surface area contributed by atoms with Crippen molar-refractivity contribution in [3.63, 3.8) is 0 Å². The van der Waals surface area contributed by atoms with Crippen molar-refractivity contribution in [2.24, 2.45) is 17.8 Å². The lowest BCUT2D eigenvalue weighted by molar-refractivity contribution is 0.145. The predicted octanol–water partition coefficient (Wildman–Crippen LogP) is 7.15. The second kappa shape index (κ2) is 10.8. The van der Waals surface area contributed by atoms with Crippen molar-refractivity contribution < 1.29 is 13.5 Å². The van der Waals surface area contributed by atoms with Crippen molar-refractivity contribution in [1.82, 2.24) is 0 Å². The highest BCUT2D eigenvalue weighted by molar-refractivity contribution is 6.58. The number of rotatable bonds is 8. The predicted molar refractivity (Wildman–Crippen MR) is 116 cm³/mol. The van der Waals surface area contributed by atoms with Crippen molar-refractivity contribution in [3.8, 4) is 5.75 Å². The summed E-state index contributed by atoms with van der Waals surface area (Å²) in [6.45, 7) is 4.82. The number of ether oxygens (including phenoxy) is 1. The minimum Gasteiger partial charge on any atom is -0.490 e. The third kappa shape index (κ3) is 5.58. The molecular formula is C24H38F2OSi. The maximum Gasteiger partial charge on any atom is 0.200 e. The van der Waals surface area contributed by atoms with Crippen LogP contribution in [0.2, 0.25) is 18.1 Å². The molecule has 1 aromatic carbocycles. The molecule has 0 radical (unpaired) electrons. The largest absolute Gasteiger partial charge is 0.490 e. The standard InChI is InChI=1S/C24H38F2OSi/c1-3-5-21-10-11-22(24(26)23(21)25)27-17-18-6-8-19(9-7-18)20-12-15-28(14-4-2)16-13-20/h10-11,18-20,28H,3-9,12-17H2,1-2H3/t18-,19-,20-,28-. The summed E-state index contributed by atoms with van der Waals surface area (Å²) in [5.41, 5.74) is 0.449. The van der Waals surface area contributed by atoms with E-state index in [2.05, 4.69) is 6.92 Å². The van der Waals surface area contributed by atoms with E-state index in [0.29, 0.717) is 24.5 Å². The lowest BCUT2D eigenvalue weighted by Gasteiger charge is -2.37. The zero-order valence-corrected chi connectivity index (χ0v) is 19.0. The first kappa shape index (κ1) is 21.8. The Morgan fingerprint density at radius 3 is 2.21 bits per heavy atom. The van der Waals surface area contributed by atoms with Crippen LogP contribution in [0, 0.1) is 29.4 Å². The van der Waals surface area contributed by atoms with E-state index in [9.17, 15) is 8.78 Å². The average Bonchev–Trinajstić information content (AvgIpc) is 2.72. The smallest absolute Gasteiger partial charge is 0.200 e. The zero-order valence-electron chi connectivity index (χ0n) is 17.8. The normalized spacial score (nSPS) is 28.3. The van der Waals surface area contributed by atoms with Gasteiger partial charge in [0.2, 0.25) is 5.82 Å². The Balaban J connectivity index is 1.42. The number of halogens is 2. The molecule has 1 saturated heterocycles. The number of hydrogen-bond acceptors (Lipinski definition) is 1. The number of aryl methyl sites for hydroxylation is 1. The van der Waals surface area contributed by atoms with E-state index in [0.717, 1.165) is 18.3 Å². The van der Waals surface area contributed by atoms with Gasteiger partial charge in [-0.3, -0.25) is 0 Å². The molecule has 0 atom stereocenters. The van der Waals surface area contributed by atoms with Gasteiger partial charge in [0.05, 0.1) is 6.61 Å². The van der Waals surface area contributed by atoms with Gasteiger partial charge in [0.25, 0.3) is 0 Å². The highest BCUT2D eigenvalue weighted by atomic mass is 28.3. The van der Waals surface area contributed by atoms with Crippen LogP contribution in [0.4, 0.5) is 8.78 Å². The molecular weight excluding hydrogens is 370 g/mol. The molecule has 0 N–H and O–H groups in total. The Morgan fingerprint density at radius 1 is 0.893 bits per heavy atom. The van der Waals surface area contributed by atoms with Gasteiger partial charge in [-0.1, -0.05) is 63.7 Å². The Labute approximate surface area is 171 Å². The molecule has 1 aliphatic carbocycles. The molecule has 1 heterocycles. The van der Waals surface area contributed by atoms with Crippen LogP contribution in [0.5, 0.6) is 5.75 Å². The second-order valence-corrected chi connectivity index (χ2v) is 12.7. The topological polar surface area (TPSA) is 9.23 Å². The molecule has 0 aromatic heterocycles. The first-order chi connectivity index (χ1) is 13.6. The highest BCUT2D eigenvalue weighted by Crippen LogP contribution is 2.41. The fourth-order valence-electron chi connectivity index (χ4n) is 5.54. The van der Waals surface area contributed by atoms with E-state index in [1.54, 1.807) is 30.3 Å². The molecule has 1 saturated carbocycles. The van der Waals surface area contributed by atoms with Crippen LogP contribution in [0.3, 0.4) is 0 Å². The third-order valence-electron chi connectivity index (χ3n) is 7.27. The van der Waals surface area contributed by atoms with Crippen LogP contribution < -0.4 is 4.74 Å². The van der Waals surface area contributed by atoms with Gasteiger partial charge in [-0.25, -0.2) is 4.39 Å². The highest BCUT2D eigenvalue weighted by Gasteiger charge is 2.31. The molecule has 158 valence electrons. The monoisotopic (exact) mass is 408 g/mol. The van der Waals surface area contributed by atoms with E-state index in [4.69, 9.17) is 4.74 Å². The van der Waals surface area contributed by atoms with E-state index in [1.165, 1.54) is 44.9 Å². The molecule has 0 amide bonds. The van der Waals surface area contributed by atoms with Crippen molar-refractivity contribution >= 4 is 8.80 Å². The minimum atomic E-state index is -0.812. The first-order valence-corrected chi connectivity index (χ1v) is 14.2. The fourth-order valence-corrected chi connectivity index (χ4v) is 9.02. The number of hydrogen-bond donors (Lipinski definition) is 0. The van der Waals surface area contributed by atoms with E-state index < -0.39 is 11.6 Å². The zero-order chi connectivity index (χ0) is 19.9. The van der Waals surface area contributed by atoms with Crippen LogP contribution in [-0.2, 0) is 6.42 Å². The third-order valence-corrected chi connectivity index (χ3v) is 11.0. The van der Waals surface area contributed by atoms with E-state index >= 15 is 0 Å². The van der Waals surface area contributed by atoms with Gasteiger partial charge in [-0.2, -0.15) is 4.39 Å². The van der Waals surface area contributed by atoms with Gasteiger partial charge in [0.15, 0.2) is 11.6 Å². The minimum absolute atomic E-state index is 0.0821. The maximum absolute atomic E-state index is 14.2. The summed E-state index contributed by atoms with van der Waals surface area (Å²) in [5, 5.41) is 0. The SMILES string of the molecule is CCCc1ccc(OC[C@H]2CC[C@H]([C@H]3CC[Si@H](CCC)CC3)CC2)c(F)c1F. The van der Waals surface area contributed by atoms with Crippen LogP contribution in [-0.4, -0.2) is 15.4 Å². The summed E-state index contributed by atoms with van der Waals surface area (Å²) in [7, 11) is -0.381. The molecule has 2 aliphatic rings. The summed E-state index contributed by atoms with van der Waals surface area (Å²) in [5.74, 6) is 0.881. The molecule has 1 nitrogen and oxygen atoms in total. The van der Waals surface area contributed by atoms with Gasteiger partial charge in [-0.05, 0) is 61.5 Å². The molecule has 2 fully saturated rings. The molecule has 1 aliphatic heterocycles. The molecule has 1 aromatic rings. The van der Waals surface area contributed by atoms with Crippen LogP contribution in [0.25, 0.3) is 0 Å². The number of benzene rings is 1.